The average molecular weight is 311 g/mol. The Balaban J connectivity index is 1.76. The number of carbonyl (C=O) groups is 1. The molecule has 0 atom stereocenters. The standard InChI is InChI=1S/C19H21NO3/c1-12-5-8-17-15(11-22-19(17)14(12)3)9-18(21)20(4)10-16-7-6-13(2)23-16/h5-8,11H,9-10H2,1-4H3. The summed E-state index contributed by atoms with van der Waals surface area (Å²) in [6, 6.07) is 7.90. The van der Waals surface area contributed by atoms with E-state index < -0.39 is 0 Å². The minimum atomic E-state index is 0.0416. The number of aryl methyl sites for hydroxylation is 3. The van der Waals surface area contributed by atoms with Crippen molar-refractivity contribution in [2.45, 2.75) is 33.7 Å². The molecular weight excluding hydrogens is 290 g/mol. The van der Waals surface area contributed by atoms with Crippen molar-refractivity contribution in [1.29, 1.82) is 0 Å². The van der Waals surface area contributed by atoms with Crippen molar-refractivity contribution >= 4 is 16.9 Å². The molecule has 0 bridgehead atoms. The molecule has 1 amide bonds. The molecule has 2 heterocycles. The SMILES string of the molecule is Cc1ccc(CN(C)C(=O)Cc2coc3c(C)c(C)ccc23)o1. The second-order valence-electron chi connectivity index (χ2n) is 6.08. The Morgan fingerprint density at radius 3 is 2.61 bits per heavy atom. The van der Waals surface area contributed by atoms with Crippen LogP contribution in [0.4, 0.5) is 0 Å². The third-order valence-corrected chi connectivity index (χ3v) is 4.30. The summed E-state index contributed by atoms with van der Waals surface area (Å²) in [6.07, 6.45) is 2.02. The summed E-state index contributed by atoms with van der Waals surface area (Å²) in [5, 5.41) is 1.02. The van der Waals surface area contributed by atoms with Crippen LogP contribution in [0.3, 0.4) is 0 Å². The lowest BCUT2D eigenvalue weighted by Gasteiger charge is -2.15. The molecule has 120 valence electrons. The van der Waals surface area contributed by atoms with Crippen LogP contribution in [0.25, 0.3) is 11.0 Å². The van der Waals surface area contributed by atoms with Gasteiger partial charge in [0.25, 0.3) is 0 Å². The topological polar surface area (TPSA) is 46.6 Å². The maximum absolute atomic E-state index is 12.5. The maximum atomic E-state index is 12.5. The molecule has 0 radical (unpaired) electrons. The predicted molar refractivity (Wildman–Crippen MR) is 89.3 cm³/mol. The van der Waals surface area contributed by atoms with E-state index in [0.29, 0.717) is 13.0 Å². The van der Waals surface area contributed by atoms with Gasteiger partial charge in [-0.25, -0.2) is 0 Å². The van der Waals surface area contributed by atoms with Crippen LogP contribution in [-0.2, 0) is 17.8 Å². The highest BCUT2D eigenvalue weighted by molar-refractivity contribution is 5.89. The number of fused-ring (bicyclic) bond motifs is 1. The number of nitrogens with zero attached hydrogens (tertiary/aromatic N) is 1. The average Bonchev–Trinajstić information content (AvgIpc) is 3.10. The van der Waals surface area contributed by atoms with E-state index >= 15 is 0 Å². The van der Waals surface area contributed by atoms with Crippen LogP contribution in [0.15, 0.2) is 39.4 Å². The fraction of sp³-hybridized carbons (Fsp3) is 0.316. The molecule has 0 unspecified atom stereocenters. The summed E-state index contributed by atoms with van der Waals surface area (Å²) in [6.45, 7) is 6.47. The van der Waals surface area contributed by atoms with E-state index in [0.717, 1.165) is 33.6 Å². The third-order valence-electron chi connectivity index (χ3n) is 4.30. The minimum absolute atomic E-state index is 0.0416. The Morgan fingerprint density at radius 1 is 1.13 bits per heavy atom. The fourth-order valence-electron chi connectivity index (χ4n) is 2.72. The summed E-state index contributed by atoms with van der Waals surface area (Å²) in [5.41, 5.74) is 4.11. The van der Waals surface area contributed by atoms with Crippen LogP contribution >= 0.6 is 0 Å². The van der Waals surface area contributed by atoms with Crippen molar-refractivity contribution in [3.8, 4) is 0 Å². The molecule has 0 fully saturated rings. The first-order valence-corrected chi connectivity index (χ1v) is 7.71. The lowest BCUT2D eigenvalue weighted by Crippen LogP contribution is -2.27. The lowest BCUT2D eigenvalue weighted by atomic mass is 10.0. The minimum Gasteiger partial charge on any atom is -0.464 e. The van der Waals surface area contributed by atoms with Crippen molar-refractivity contribution in [1.82, 2.24) is 4.90 Å². The van der Waals surface area contributed by atoms with Gasteiger partial charge in [-0.05, 0) is 44.0 Å². The molecule has 2 aromatic heterocycles. The Hall–Kier alpha value is -2.49. The smallest absolute Gasteiger partial charge is 0.227 e. The molecule has 0 N–H and O–H groups in total. The van der Waals surface area contributed by atoms with E-state index in [2.05, 4.69) is 13.0 Å². The highest BCUT2D eigenvalue weighted by Gasteiger charge is 2.16. The third kappa shape index (κ3) is 3.02. The van der Waals surface area contributed by atoms with Crippen LogP contribution in [0.5, 0.6) is 0 Å². The highest BCUT2D eigenvalue weighted by Crippen LogP contribution is 2.27. The molecular formula is C19H21NO3. The normalized spacial score (nSPS) is 11.1. The first-order valence-electron chi connectivity index (χ1n) is 7.71. The number of hydrogen-bond donors (Lipinski definition) is 0. The number of hydrogen-bond acceptors (Lipinski definition) is 3. The van der Waals surface area contributed by atoms with Gasteiger partial charge in [0.2, 0.25) is 5.91 Å². The number of carbonyl (C=O) groups excluding carboxylic acids is 1. The van der Waals surface area contributed by atoms with Gasteiger partial charge in [-0.15, -0.1) is 0 Å². The van der Waals surface area contributed by atoms with Crippen molar-refractivity contribution in [2.24, 2.45) is 0 Å². The van der Waals surface area contributed by atoms with Crippen molar-refractivity contribution < 1.29 is 13.6 Å². The van der Waals surface area contributed by atoms with Gasteiger partial charge in [-0.3, -0.25) is 4.79 Å². The van der Waals surface area contributed by atoms with Crippen LogP contribution in [-0.4, -0.2) is 17.9 Å². The van der Waals surface area contributed by atoms with E-state index in [9.17, 15) is 4.79 Å². The van der Waals surface area contributed by atoms with Crippen LogP contribution < -0.4 is 0 Å². The maximum Gasteiger partial charge on any atom is 0.227 e. The molecule has 0 saturated carbocycles. The van der Waals surface area contributed by atoms with Gasteiger partial charge >= 0.3 is 0 Å². The first-order chi connectivity index (χ1) is 11.0. The molecule has 1 aromatic carbocycles. The molecule has 4 heteroatoms. The quantitative estimate of drug-likeness (QED) is 0.727. The summed E-state index contributed by atoms with van der Waals surface area (Å²) < 4.78 is 11.2. The zero-order chi connectivity index (χ0) is 16.6. The zero-order valence-corrected chi connectivity index (χ0v) is 14.0. The summed E-state index contributed by atoms with van der Waals surface area (Å²) in [7, 11) is 1.79. The summed E-state index contributed by atoms with van der Waals surface area (Å²) in [4.78, 5) is 14.1. The van der Waals surface area contributed by atoms with E-state index in [4.69, 9.17) is 8.83 Å². The van der Waals surface area contributed by atoms with Crippen LogP contribution in [0, 0.1) is 20.8 Å². The second-order valence-corrected chi connectivity index (χ2v) is 6.08. The summed E-state index contributed by atoms with van der Waals surface area (Å²) >= 11 is 0. The van der Waals surface area contributed by atoms with Gasteiger partial charge in [-0.1, -0.05) is 12.1 Å². The highest BCUT2D eigenvalue weighted by atomic mass is 16.3. The Morgan fingerprint density at radius 2 is 1.91 bits per heavy atom. The number of benzene rings is 1. The van der Waals surface area contributed by atoms with Crippen LogP contribution in [0.1, 0.15) is 28.2 Å². The molecule has 3 aromatic rings. The van der Waals surface area contributed by atoms with Gasteiger partial charge in [0.15, 0.2) is 0 Å². The van der Waals surface area contributed by atoms with E-state index in [1.165, 1.54) is 5.56 Å². The lowest BCUT2D eigenvalue weighted by molar-refractivity contribution is -0.129. The largest absolute Gasteiger partial charge is 0.464 e. The Bertz CT molecular complexity index is 857. The number of amides is 1. The molecule has 0 saturated heterocycles. The van der Waals surface area contributed by atoms with Crippen molar-refractivity contribution in [3.63, 3.8) is 0 Å². The molecule has 0 spiro atoms. The van der Waals surface area contributed by atoms with Gasteiger partial charge < -0.3 is 13.7 Å². The van der Waals surface area contributed by atoms with Gasteiger partial charge in [-0.2, -0.15) is 0 Å². The molecule has 0 aliphatic carbocycles. The molecule has 23 heavy (non-hydrogen) atoms. The molecule has 0 aliphatic heterocycles. The van der Waals surface area contributed by atoms with E-state index in [-0.39, 0.29) is 5.91 Å². The number of furan rings is 2. The van der Waals surface area contributed by atoms with E-state index in [1.807, 2.05) is 32.0 Å². The number of rotatable bonds is 4. The number of likely N-dealkylation sites (N-methyl/N-ethyl adjacent to an activating group) is 1. The zero-order valence-electron chi connectivity index (χ0n) is 14.0. The first kappa shape index (κ1) is 15.4. The van der Waals surface area contributed by atoms with Gasteiger partial charge in [0, 0.05) is 18.0 Å². The molecule has 4 nitrogen and oxygen atoms in total. The summed E-state index contributed by atoms with van der Waals surface area (Å²) in [5.74, 6) is 1.69. The monoisotopic (exact) mass is 311 g/mol. The van der Waals surface area contributed by atoms with Crippen molar-refractivity contribution in [2.75, 3.05) is 7.05 Å². The van der Waals surface area contributed by atoms with Gasteiger partial charge in [0.1, 0.15) is 17.1 Å². The predicted octanol–water partition coefficient (Wildman–Crippen LogP) is 4.15. The molecule has 3 rings (SSSR count). The molecule has 0 aliphatic rings. The Kier molecular flexibility index (Phi) is 3.99. The Labute approximate surface area is 135 Å². The van der Waals surface area contributed by atoms with Crippen molar-refractivity contribution in [3.05, 3.63) is 58.7 Å². The second kappa shape index (κ2) is 5.95. The van der Waals surface area contributed by atoms with Crippen LogP contribution in [0.2, 0.25) is 0 Å². The fourth-order valence-corrected chi connectivity index (χ4v) is 2.72. The van der Waals surface area contributed by atoms with Gasteiger partial charge in [0.05, 0.1) is 19.2 Å². The van der Waals surface area contributed by atoms with E-state index in [1.54, 1.807) is 18.2 Å².